The minimum atomic E-state index is -1.09. The van der Waals surface area contributed by atoms with E-state index in [2.05, 4.69) is 21.2 Å². The fourth-order valence-corrected chi connectivity index (χ4v) is 3.44. The Labute approximate surface area is 155 Å². The maximum absolute atomic E-state index is 13.0. The topological polar surface area (TPSA) is 58.6 Å². The van der Waals surface area contributed by atoms with Gasteiger partial charge in [-0.25, -0.2) is 4.79 Å². The molecule has 0 bridgehead atoms. The number of imide groups is 1. The number of rotatable bonds is 4. The minimum Gasteiger partial charge on any atom is -0.496 e. The smallest absolute Gasteiger partial charge is 0.325 e. The molecule has 3 amide bonds. The predicted molar refractivity (Wildman–Crippen MR) is 98.3 cm³/mol. The van der Waals surface area contributed by atoms with Crippen LogP contribution in [0.25, 0.3) is 0 Å². The average Bonchev–Trinajstić information content (AvgIpc) is 2.79. The van der Waals surface area contributed by atoms with E-state index < -0.39 is 11.6 Å². The van der Waals surface area contributed by atoms with E-state index in [9.17, 15) is 9.59 Å². The third kappa shape index (κ3) is 3.14. The Balaban J connectivity index is 1.93. The van der Waals surface area contributed by atoms with Crippen LogP contribution in [0.15, 0.2) is 46.9 Å². The number of amides is 3. The molecule has 2 aromatic carbocycles. The quantitative estimate of drug-likeness (QED) is 0.792. The normalized spacial score (nSPS) is 19.9. The van der Waals surface area contributed by atoms with Gasteiger partial charge in [0.2, 0.25) is 0 Å². The summed E-state index contributed by atoms with van der Waals surface area (Å²) in [4.78, 5) is 26.7. The number of halogens is 1. The van der Waals surface area contributed by atoms with Crippen molar-refractivity contribution < 1.29 is 14.3 Å². The predicted octanol–water partition coefficient (Wildman–Crippen LogP) is 3.73. The van der Waals surface area contributed by atoms with Crippen LogP contribution in [-0.4, -0.2) is 23.9 Å². The molecule has 1 heterocycles. The molecule has 1 atom stereocenters. The molecule has 1 saturated heterocycles. The fraction of sp³-hybridized carbons (Fsp3) is 0.263. The van der Waals surface area contributed by atoms with Gasteiger partial charge in [0.25, 0.3) is 5.91 Å². The molecule has 0 aliphatic carbocycles. The third-order valence-corrected chi connectivity index (χ3v) is 4.93. The first-order chi connectivity index (χ1) is 11.8. The summed E-state index contributed by atoms with van der Waals surface area (Å²) in [5.74, 6) is 0.376. The Morgan fingerprint density at radius 1 is 1.20 bits per heavy atom. The SMILES string of the molecule is COc1ccc(C)cc1CN1C(=O)N[C@@](C)(c2cccc(Br)c2)C1=O. The number of methoxy groups -OCH3 is 1. The summed E-state index contributed by atoms with van der Waals surface area (Å²) in [5.41, 5.74) is 1.49. The summed E-state index contributed by atoms with van der Waals surface area (Å²) < 4.78 is 6.21. The number of ether oxygens (including phenoxy) is 1. The van der Waals surface area contributed by atoms with Gasteiger partial charge >= 0.3 is 6.03 Å². The first kappa shape index (κ1) is 17.5. The van der Waals surface area contributed by atoms with Crippen LogP contribution < -0.4 is 10.1 Å². The Morgan fingerprint density at radius 3 is 2.64 bits per heavy atom. The second-order valence-corrected chi connectivity index (χ2v) is 7.19. The molecule has 5 nitrogen and oxygen atoms in total. The first-order valence-electron chi connectivity index (χ1n) is 7.89. The molecule has 130 valence electrons. The zero-order chi connectivity index (χ0) is 18.2. The maximum Gasteiger partial charge on any atom is 0.325 e. The van der Waals surface area contributed by atoms with E-state index in [-0.39, 0.29) is 12.5 Å². The number of aryl methyl sites for hydroxylation is 1. The van der Waals surface area contributed by atoms with Gasteiger partial charge in [-0.15, -0.1) is 0 Å². The summed E-state index contributed by atoms with van der Waals surface area (Å²) in [6.45, 7) is 3.85. The molecular formula is C19H19BrN2O3. The van der Waals surface area contributed by atoms with Crippen molar-refractivity contribution in [2.75, 3.05) is 7.11 Å². The standard InChI is InChI=1S/C19H19BrN2O3/c1-12-7-8-16(25-3)13(9-12)11-22-17(23)19(2,21-18(22)24)14-5-4-6-15(20)10-14/h4-10H,11H2,1-3H3,(H,21,24)/t19-/m0/s1. The number of nitrogens with zero attached hydrogens (tertiary/aromatic N) is 1. The Morgan fingerprint density at radius 2 is 1.96 bits per heavy atom. The first-order valence-corrected chi connectivity index (χ1v) is 8.68. The van der Waals surface area contributed by atoms with Crippen molar-refractivity contribution in [1.29, 1.82) is 0 Å². The molecule has 0 radical (unpaired) electrons. The maximum atomic E-state index is 13.0. The van der Waals surface area contributed by atoms with Gasteiger partial charge in [0, 0.05) is 10.0 Å². The zero-order valence-corrected chi connectivity index (χ0v) is 15.9. The second-order valence-electron chi connectivity index (χ2n) is 6.27. The van der Waals surface area contributed by atoms with Gasteiger partial charge in [-0.3, -0.25) is 9.69 Å². The van der Waals surface area contributed by atoms with Gasteiger partial charge in [-0.2, -0.15) is 0 Å². The van der Waals surface area contributed by atoms with Crippen molar-refractivity contribution in [2.45, 2.75) is 25.9 Å². The van der Waals surface area contributed by atoms with Crippen LogP contribution in [-0.2, 0) is 16.9 Å². The van der Waals surface area contributed by atoms with Crippen LogP contribution in [0.4, 0.5) is 4.79 Å². The molecule has 1 aliphatic heterocycles. The van der Waals surface area contributed by atoms with E-state index in [0.29, 0.717) is 5.75 Å². The van der Waals surface area contributed by atoms with E-state index in [4.69, 9.17) is 4.74 Å². The molecule has 6 heteroatoms. The van der Waals surface area contributed by atoms with Crippen LogP contribution in [0.3, 0.4) is 0 Å². The van der Waals surface area contributed by atoms with Gasteiger partial charge in [0.05, 0.1) is 13.7 Å². The average molecular weight is 403 g/mol. The third-order valence-electron chi connectivity index (χ3n) is 4.44. The van der Waals surface area contributed by atoms with Crippen LogP contribution in [0.5, 0.6) is 5.75 Å². The van der Waals surface area contributed by atoms with Gasteiger partial charge < -0.3 is 10.1 Å². The largest absolute Gasteiger partial charge is 0.496 e. The lowest BCUT2D eigenvalue weighted by molar-refractivity contribution is -0.131. The minimum absolute atomic E-state index is 0.166. The highest BCUT2D eigenvalue weighted by atomic mass is 79.9. The Bertz CT molecular complexity index is 852. The molecule has 2 aromatic rings. The number of hydrogen-bond acceptors (Lipinski definition) is 3. The monoisotopic (exact) mass is 402 g/mol. The highest BCUT2D eigenvalue weighted by Gasteiger charge is 2.49. The van der Waals surface area contributed by atoms with Crippen molar-refractivity contribution in [2.24, 2.45) is 0 Å². The summed E-state index contributed by atoms with van der Waals surface area (Å²) in [6, 6.07) is 12.7. The Hall–Kier alpha value is -2.34. The molecule has 1 fully saturated rings. The highest BCUT2D eigenvalue weighted by Crippen LogP contribution is 2.32. The molecule has 1 N–H and O–H groups in total. The van der Waals surface area contributed by atoms with Gasteiger partial charge in [0.15, 0.2) is 0 Å². The van der Waals surface area contributed by atoms with Crippen LogP contribution in [0, 0.1) is 6.92 Å². The Kier molecular flexibility index (Phi) is 4.56. The number of urea groups is 1. The summed E-state index contributed by atoms with van der Waals surface area (Å²) in [7, 11) is 1.58. The van der Waals surface area contributed by atoms with Crippen molar-refractivity contribution in [3.05, 3.63) is 63.6 Å². The van der Waals surface area contributed by atoms with Gasteiger partial charge in [0.1, 0.15) is 11.3 Å². The van der Waals surface area contributed by atoms with Crippen LogP contribution in [0.1, 0.15) is 23.6 Å². The molecule has 0 unspecified atom stereocenters. The van der Waals surface area contributed by atoms with E-state index in [1.165, 1.54) is 4.90 Å². The molecule has 0 saturated carbocycles. The van der Waals surface area contributed by atoms with Crippen molar-refractivity contribution in [3.8, 4) is 5.75 Å². The molecule has 0 spiro atoms. The molecule has 3 rings (SSSR count). The number of benzene rings is 2. The summed E-state index contributed by atoms with van der Waals surface area (Å²) >= 11 is 3.41. The van der Waals surface area contributed by atoms with Crippen LogP contribution in [0.2, 0.25) is 0 Å². The number of hydrogen-bond donors (Lipinski definition) is 1. The van der Waals surface area contributed by atoms with E-state index >= 15 is 0 Å². The number of carbonyl (C=O) groups is 2. The second kappa shape index (κ2) is 6.52. The number of carbonyl (C=O) groups excluding carboxylic acids is 2. The molecule has 0 aromatic heterocycles. The molecule has 1 aliphatic rings. The lowest BCUT2D eigenvalue weighted by atomic mass is 9.92. The van der Waals surface area contributed by atoms with Crippen molar-refractivity contribution in [3.63, 3.8) is 0 Å². The highest BCUT2D eigenvalue weighted by molar-refractivity contribution is 9.10. The molecular weight excluding hydrogens is 384 g/mol. The molecule has 25 heavy (non-hydrogen) atoms. The lowest BCUT2D eigenvalue weighted by Gasteiger charge is -2.22. The summed E-state index contributed by atoms with van der Waals surface area (Å²) in [5, 5.41) is 2.82. The van der Waals surface area contributed by atoms with Gasteiger partial charge in [-0.05, 0) is 37.6 Å². The van der Waals surface area contributed by atoms with Gasteiger partial charge in [-0.1, -0.05) is 45.8 Å². The van der Waals surface area contributed by atoms with Crippen LogP contribution >= 0.6 is 15.9 Å². The zero-order valence-electron chi connectivity index (χ0n) is 14.3. The van der Waals surface area contributed by atoms with E-state index in [1.54, 1.807) is 14.0 Å². The summed E-state index contributed by atoms with van der Waals surface area (Å²) in [6.07, 6.45) is 0. The fourth-order valence-electron chi connectivity index (χ4n) is 3.04. The lowest BCUT2D eigenvalue weighted by Crippen LogP contribution is -2.40. The van der Waals surface area contributed by atoms with E-state index in [1.807, 2.05) is 49.4 Å². The number of nitrogens with one attached hydrogen (secondary N) is 1. The van der Waals surface area contributed by atoms with E-state index in [0.717, 1.165) is 21.2 Å². The van der Waals surface area contributed by atoms with Crippen molar-refractivity contribution >= 4 is 27.9 Å². The van der Waals surface area contributed by atoms with Crippen molar-refractivity contribution in [1.82, 2.24) is 10.2 Å².